The second-order valence-corrected chi connectivity index (χ2v) is 3.50. The van der Waals surface area contributed by atoms with Crippen molar-refractivity contribution in [3.63, 3.8) is 0 Å². The summed E-state index contributed by atoms with van der Waals surface area (Å²) < 4.78 is 1.84. The lowest BCUT2D eigenvalue weighted by molar-refractivity contribution is 0.389. The van der Waals surface area contributed by atoms with Crippen molar-refractivity contribution in [2.75, 3.05) is 11.2 Å². The molecule has 0 spiro atoms. The average Bonchev–Trinajstić information content (AvgIpc) is 2.78. The fourth-order valence-corrected chi connectivity index (χ4v) is 1.52. The van der Waals surface area contributed by atoms with Crippen LogP contribution in [0.15, 0.2) is 30.6 Å². The Labute approximate surface area is 93.5 Å². The summed E-state index contributed by atoms with van der Waals surface area (Å²) in [4.78, 5) is 0. The molecule has 0 amide bonds. The zero-order valence-corrected chi connectivity index (χ0v) is 9.01. The third-order valence-corrected chi connectivity index (χ3v) is 2.46. The molecule has 0 fully saturated rings. The van der Waals surface area contributed by atoms with Crippen molar-refractivity contribution in [3.8, 4) is 11.1 Å². The minimum Gasteiger partial charge on any atom is -0.397 e. The predicted molar refractivity (Wildman–Crippen MR) is 63.2 cm³/mol. The molecule has 0 bridgehead atoms. The maximum Gasteiger partial charge on any atom is 0.0837 e. The van der Waals surface area contributed by atoms with Crippen LogP contribution in [0.1, 0.15) is 6.92 Å². The van der Waals surface area contributed by atoms with Gasteiger partial charge < -0.3 is 5.73 Å². The van der Waals surface area contributed by atoms with Gasteiger partial charge in [0.1, 0.15) is 0 Å². The molecule has 0 aliphatic carbocycles. The molecule has 1 aromatic carbocycles. The van der Waals surface area contributed by atoms with E-state index in [0.717, 1.165) is 17.7 Å². The summed E-state index contributed by atoms with van der Waals surface area (Å²) in [6, 6.07) is 5.43. The van der Waals surface area contributed by atoms with E-state index in [4.69, 9.17) is 10.9 Å². The maximum absolute atomic E-state index is 8.89. The summed E-state index contributed by atoms with van der Waals surface area (Å²) in [7, 11) is 0. The Kier molecular flexibility index (Phi) is 2.78. The summed E-state index contributed by atoms with van der Waals surface area (Å²) in [6.07, 6.45) is 3.74. The van der Waals surface area contributed by atoms with Crippen LogP contribution in [0, 0.1) is 0 Å². The molecule has 5 nitrogen and oxygen atoms in total. The lowest BCUT2D eigenvalue weighted by atomic mass is 10.1. The largest absolute Gasteiger partial charge is 0.397 e. The fraction of sp³-hybridized carbons (Fsp3) is 0.182. The van der Waals surface area contributed by atoms with Crippen LogP contribution in [-0.2, 0) is 6.54 Å². The third-order valence-electron chi connectivity index (χ3n) is 2.46. The Morgan fingerprint density at radius 3 is 2.88 bits per heavy atom. The monoisotopic (exact) mass is 218 g/mol. The van der Waals surface area contributed by atoms with Gasteiger partial charge in [0.2, 0.25) is 0 Å². The number of nitrogens with zero attached hydrogens (tertiary/aromatic N) is 2. The molecule has 84 valence electrons. The second-order valence-electron chi connectivity index (χ2n) is 3.50. The zero-order chi connectivity index (χ0) is 11.5. The number of aromatic nitrogens is 2. The molecular weight excluding hydrogens is 204 g/mol. The number of aryl methyl sites for hydroxylation is 1. The van der Waals surface area contributed by atoms with Crippen molar-refractivity contribution in [1.29, 1.82) is 0 Å². The van der Waals surface area contributed by atoms with Crippen LogP contribution in [-0.4, -0.2) is 15.0 Å². The van der Waals surface area contributed by atoms with Crippen LogP contribution < -0.4 is 11.2 Å². The van der Waals surface area contributed by atoms with Crippen LogP contribution in [0.5, 0.6) is 0 Å². The maximum atomic E-state index is 8.89. The summed E-state index contributed by atoms with van der Waals surface area (Å²) in [6.45, 7) is 2.86. The smallest absolute Gasteiger partial charge is 0.0837 e. The number of benzene rings is 1. The summed E-state index contributed by atoms with van der Waals surface area (Å²) in [5, 5.41) is 13.1. The van der Waals surface area contributed by atoms with Crippen molar-refractivity contribution in [2.45, 2.75) is 13.5 Å². The van der Waals surface area contributed by atoms with Gasteiger partial charge in [-0.15, -0.1) is 0 Å². The van der Waals surface area contributed by atoms with Gasteiger partial charge in [0.05, 0.1) is 17.6 Å². The van der Waals surface area contributed by atoms with Crippen molar-refractivity contribution in [3.05, 3.63) is 30.6 Å². The molecule has 0 aliphatic rings. The van der Waals surface area contributed by atoms with E-state index in [9.17, 15) is 0 Å². The molecule has 5 heteroatoms. The number of nitrogen functional groups attached to an aromatic ring is 1. The van der Waals surface area contributed by atoms with Crippen LogP contribution in [0.4, 0.5) is 11.4 Å². The first-order chi connectivity index (χ1) is 7.74. The summed E-state index contributed by atoms with van der Waals surface area (Å²) in [5.74, 6) is 0. The minimum atomic E-state index is 0.502. The molecule has 16 heavy (non-hydrogen) atoms. The lowest BCUT2D eigenvalue weighted by Gasteiger charge is -2.05. The second kappa shape index (κ2) is 4.24. The first kappa shape index (κ1) is 10.5. The molecule has 0 unspecified atom stereocenters. The van der Waals surface area contributed by atoms with Crippen molar-refractivity contribution < 1.29 is 5.21 Å². The Hall–Kier alpha value is -2.01. The molecule has 4 N–H and O–H groups in total. The number of hydrogen-bond acceptors (Lipinski definition) is 4. The van der Waals surface area contributed by atoms with E-state index in [1.165, 1.54) is 0 Å². The summed E-state index contributed by atoms with van der Waals surface area (Å²) >= 11 is 0. The summed E-state index contributed by atoms with van der Waals surface area (Å²) in [5.41, 5.74) is 10.7. The van der Waals surface area contributed by atoms with Crippen molar-refractivity contribution in [1.82, 2.24) is 9.78 Å². The number of nitrogens with one attached hydrogen (secondary N) is 1. The Morgan fingerprint density at radius 2 is 2.25 bits per heavy atom. The highest BCUT2D eigenvalue weighted by atomic mass is 16.5. The average molecular weight is 218 g/mol. The molecule has 1 heterocycles. The van der Waals surface area contributed by atoms with Crippen molar-refractivity contribution in [2.24, 2.45) is 0 Å². The van der Waals surface area contributed by atoms with E-state index in [-0.39, 0.29) is 0 Å². The molecule has 1 aromatic heterocycles. The first-order valence-electron chi connectivity index (χ1n) is 5.07. The van der Waals surface area contributed by atoms with E-state index in [1.54, 1.807) is 18.3 Å². The Bertz CT molecular complexity index is 492. The number of hydrogen-bond donors (Lipinski definition) is 3. The van der Waals surface area contributed by atoms with Gasteiger partial charge >= 0.3 is 0 Å². The first-order valence-corrected chi connectivity index (χ1v) is 5.07. The Morgan fingerprint density at radius 1 is 1.44 bits per heavy atom. The van der Waals surface area contributed by atoms with Crippen LogP contribution in [0.25, 0.3) is 11.1 Å². The lowest BCUT2D eigenvalue weighted by Crippen LogP contribution is -1.96. The molecule has 0 aliphatic heterocycles. The van der Waals surface area contributed by atoms with Crippen LogP contribution in [0.2, 0.25) is 0 Å². The molecule has 0 atom stereocenters. The fourth-order valence-electron chi connectivity index (χ4n) is 1.52. The zero-order valence-electron chi connectivity index (χ0n) is 9.01. The highest BCUT2D eigenvalue weighted by Crippen LogP contribution is 2.26. The molecular formula is C11H14N4O. The van der Waals surface area contributed by atoms with Gasteiger partial charge in [-0.3, -0.25) is 15.4 Å². The topological polar surface area (TPSA) is 76.1 Å². The van der Waals surface area contributed by atoms with E-state index in [2.05, 4.69) is 10.6 Å². The Balaban J connectivity index is 2.40. The number of rotatable bonds is 3. The normalized spacial score (nSPS) is 10.4. The third kappa shape index (κ3) is 1.85. The van der Waals surface area contributed by atoms with Gasteiger partial charge in [-0.05, 0) is 24.6 Å². The van der Waals surface area contributed by atoms with E-state index in [1.807, 2.05) is 23.9 Å². The SMILES string of the molecule is CCn1cc(-c2ccc(N)c(NO)c2)cn1. The van der Waals surface area contributed by atoms with Crippen molar-refractivity contribution >= 4 is 11.4 Å². The highest BCUT2D eigenvalue weighted by molar-refractivity contribution is 5.74. The van der Waals surface area contributed by atoms with E-state index in [0.29, 0.717) is 11.4 Å². The molecule has 2 rings (SSSR count). The van der Waals surface area contributed by atoms with Gasteiger partial charge in [-0.1, -0.05) is 6.07 Å². The minimum absolute atomic E-state index is 0.502. The number of anilines is 2. The van der Waals surface area contributed by atoms with Gasteiger partial charge in [0.15, 0.2) is 0 Å². The highest BCUT2D eigenvalue weighted by Gasteiger charge is 2.04. The van der Waals surface area contributed by atoms with E-state index < -0.39 is 0 Å². The van der Waals surface area contributed by atoms with Crippen LogP contribution >= 0.6 is 0 Å². The van der Waals surface area contributed by atoms with Gasteiger partial charge in [-0.2, -0.15) is 5.10 Å². The van der Waals surface area contributed by atoms with Gasteiger partial charge in [0, 0.05) is 18.3 Å². The van der Waals surface area contributed by atoms with Crippen LogP contribution in [0.3, 0.4) is 0 Å². The molecule has 0 radical (unpaired) electrons. The molecule has 0 saturated heterocycles. The van der Waals surface area contributed by atoms with Gasteiger partial charge in [0.25, 0.3) is 0 Å². The standard InChI is InChI=1S/C11H14N4O/c1-2-15-7-9(6-13-15)8-3-4-10(12)11(5-8)14-16/h3-7,14,16H,2,12H2,1H3. The quantitative estimate of drug-likeness (QED) is 0.543. The predicted octanol–water partition coefficient (Wildman–Crippen LogP) is 1.95. The molecule has 0 saturated carbocycles. The number of nitrogens with two attached hydrogens (primary N) is 1. The van der Waals surface area contributed by atoms with Gasteiger partial charge in [-0.25, -0.2) is 0 Å². The van der Waals surface area contributed by atoms with E-state index >= 15 is 0 Å². The molecule has 2 aromatic rings.